The number of carbonyl (C=O) groups is 2. The Morgan fingerprint density at radius 1 is 1.22 bits per heavy atom. The molecule has 0 aliphatic heterocycles. The number of hydrogen-bond acceptors (Lipinski definition) is 3. The normalized spacial score (nSPS) is 29.6. The van der Waals surface area contributed by atoms with Crippen LogP contribution in [0.5, 0.6) is 0 Å². The molecule has 18 heavy (non-hydrogen) atoms. The first-order valence-corrected chi connectivity index (χ1v) is 6.78. The molecule has 2 saturated carbocycles. The Kier molecular flexibility index (Phi) is 3.90. The van der Waals surface area contributed by atoms with Gasteiger partial charge in [-0.3, -0.25) is 9.59 Å². The van der Waals surface area contributed by atoms with Crippen LogP contribution in [0.2, 0.25) is 0 Å². The van der Waals surface area contributed by atoms with Crippen molar-refractivity contribution in [3.63, 3.8) is 0 Å². The van der Waals surface area contributed by atoms with E-state index in [1.807, 2.05) is 0 Å². The number of nitrogens with one attached hydrogen (secondary N) is 1. The Bertz CT molecular complexity index is 331. The van der Waals surface area contributed by atoms with Crippen LogP contribution in [0.1, 0.15) is 38.5 Å². The number of carboxylic acids is 1. The molecule has 102 valence electrons. The molecule has 2 aliphatic carbocycles. The SMILES string of the molecule is NCC1CCC(C(=O)NCC2(C(=O)O)CC2)CC1. The van der Waals surface area contributed by atoms with E-state index in [0.717, 1.165) is 25.7 Å². The van der Waals surface area contributed by atoms with Crippen molar-refractivity contribution in [3.05, 3.63) is 0 Å². The summed E-state index contributed by atoms with van der Waals surface area (Å²) in [7, 11) is 0. The average Bonchev–Trinajstić information content (AvgIpc) is 3.17. The van der Waals surface area contributed by atoms with Gasteiger partial charge < -0.3 is 16.2 Å². The van der Waals surface area contributed by atoms with Crippen LogP contribution in [-0.2, 0) is 9.59 Å². The molecule has 4 N–H and O–H groups in total. The first-order valence-electron chi connectivity index (χ1n) is 6.78. The van der Waals surface area contributed by atoms with E-state index in [2.05, 4.69) is 5.32 Å². The topological polar surface area (TPSA) is 92.4 Å². The molecular weight excluding hydrogens is 232 g/mol. The number of nitrogens with two attached hydrogens (primary N) is 1. The minimum Gasteiger partial charge on any atom is -0.481 e. The van der Waals surface area contributed by atoms with Gasteiger partial charge in [-0.15, -0.1) is 0 Å². The van der Waals surface area contributed by atoms with Gasteiger partial charge in [-0.05, 0) is 51.0 Å². The highest BCUT2D eigenvalue weighted by Crippen LogP contribution is 2.45. The summed E-state index contributed by atoms with van der Waals surface area (Å²) < 4.78 is 0. The fourth-order valence-electron chi connectivity index (χ4n) is 2.68. The molecule has 0 bridgehead atoms. The van der Waals surface area contributed by atoms with E-state index in [0.29, 0.717) is 25.3 Å². The number of amides is 1. The first-order chi connectivity index (χ1) is 8.57. The minimum atomic E-state index is -0.783. The quantitative estimate of drug-likeness (QED) is 0.674. The van der Waals surface area contributed by atoms with Crippen LogP contribution in [0, 0.1) is 17.3 Å². The number of carbonyl (C=O) groups excluding carboxylic acids is 1. The van der Waals surface area contributed by atoms with E-state index in [4.69, 9.17) is 10.8 Å². The van der Waals surface area contributed by atoms with E-state index in [1.54, 1.807) is 0 Å². The molecule has 0 spiro atoms. The van der Waals surface area contributed by atoms with Crippen molar-refractivity contribution in [1.29, 1.82) is 0 Å². The zero-order chi connectivity index (χ0) is 13.2. The smallest absolute Gasteiger partial charge is 0.311 e. The minimum absolute atomic E-state index is 0.0259. The molecule has 2 aliphatic rings. The van der Waals surface area contributed by atoms with E-state index in [-0.39, 0.29) is 18.4 Å². The third-order valence-electron chi connectivity index (χ3n) is 4.46. The molecule has 5 nitrogen and oxygen atoms in total. The lowest BCUT2D eigenvalue weighted by Gasteiger charge is -2.27. The predicted octanol–water partition coefficient (Wildman–Crippen LogP) is 0.732. The van der Waals surface area contributed by atoms with Crippen molar-refractivity contribution < 1.29 is 14.7 Å². The van der Waals surface area contributed by atoms with E-state index < -0.39 is 11.4 Å². The molecule has 2 rings (SSSR count). The molecule has 2 fully saturated rings. The van der Waals surface area contributed by atoms with Gasteiger partial charge in [0, 0.05) is 12.5 Å². The first kappa shape index (κ1) is 13.3. The Balaban J connectivity index is 1.74. The summed E-state index contributed by atoms with van der Waals surface area (Å²) in [5.41, 5.74) is 4.95. The number of carboxylic acid groups (broad SMARTS) is 1. The van der Waals surface area contributed by atoms with Crippen LogP contribution in [-0.4, -0.2) is 30.1 Å². The van der Waals surface area contributed by atoms with Crippen LogP contribution in [0.4, 0.5) is 0 Å². The van der Waals surface area contributed by atoms with E-state index in [1.165, 1.54) is 0 Å². The molecule has 0 unspecified atom stereocenters. The van der Waals surface area contributed by atoms with Crippen molar-refractivity contribution in [2.24, 2.45) is 23.0 Å². The molecule has 0 aromatic carbocycles. The Hall–Kier alpha value is -1.10. The van der Waals surface area contributed by atoms with Crippen molar-refractivity contribution in [2.45, 2.75) is 38.5 Å². The van der Waals surface area contributed by atoms with Gasteiger partial charge in [0.15, 0.2) is 0 Å². The van der Waals surface area contributed by atoms with Crippen LogP contribution in [0.15, 0.2) is 0 Å². The zero-order valence-corrected chi connectivity index (χ0v) is 10.7. The summed E-state index contributed by atoms with van der Waals surface area (Å²) in [5.74, 6) is -0.145. The third-order valence-corrected chi connectivity index (χ3v) is 4.46. The van der Waals surface area contributed by atoms with Crippen molar-refractivity contribution in [1.82, 2.24) is 5.32 Å². The Morgan fingerprint density at radius 3 is 2.28 bits per heavy atom. The summed E-state index contributed by atoms with van der Waals surface area (Å²) in [6.45, 7) is 0.994. The Morgan fingerprint density at radius 2 is 1.83 bits per heavy atom. The van der Waals surface area contributed by atoms with Crippen LogP contribution in [0.25, 0.3) is 0 Å². The second-order valence-corrected chi connectivity index (χ2v) is 5.76. The number of hydrogen-bond donors (Lipinski definition) is 3. The lowest BCUT2D eigenvalue weighted by atomic mass is 9.81. The fraction of sp³-hybridized carbons (Fsp3) is 0.846. The molecule has 0 saturated heterocycles. The lowest BCUT2D eigenvalue weighted by Crippen LogP contribution is -2.39. The molecule has 0 radical (unpaired) electrons. The van der Waals surface area contributed by atoms with Crippen molar-refractivity contribution in [3.8, 4) is 0 Å². The van der Waals surface area contributed by atoms with Gasteiger partial charge >= 0.3 is 5.97 Å². The predicted molar refractivity (Wildman–Crippen MR) is 66.8 cm³/mol. The summed E-state index contributed by atoms with van der Waals surface area (Å²) in [5, 5.41) is 11.8. The molecule has 0 aromatic heterocycles. The van der Waals surface area contributed by atoms with Gasteiger partial charge in [-0.25, -0.2) is 0 Å². The lowest BCUT2D eigenvalue weighted by molar-refractivity contribution is -0.143. The molecule has 0 atom stereocenters. The fourth-order valence-corrected chi connectivity index (χ4v) is 2.68. The monoisotopic (exact) mass is 254 g/mol. The summed E-state index contributed by atoms with van der Waals surface area (Å²) in [4.78, 5) is 22.9. The molecule has 0 heterocycles. The second-order valence-electron chi connectivity index (χ2n) is 5.76. The summed E-state index contributed by atoms with van der Waals surface area (Å²) in [6, 6.07) is 0. The van der Waals surface area contributed by atoms with Gasteiger partial charge in [-0.2, -0.15) is 0 Å². The van der Waals surface area contributed by atoms with Gasteiger partial charge in [0.2, 0.25) is 5.91 Å². The summed E-state index contributed by atoms with van der Waals surface area (Å²) in [6.07, 6.45) is 5.16. The van der Waals surface area contributed by atoms with Crippen LogP contribution >= 0.6 is 0 Å². The molecule has 1 amide bonds. The maximum absolute atomic E-state index is 12.0. The average molecular weight is 254 g/mol. The van der Waals surface area contributed by atoms with Gasteiger partial charge in [-0.1, -0.05) is 0 Å². The van der Waals surface area contributed by atoms with Crippen molar-refractivity contribution >= 4 is 11.9 Å². The standard InChI is InChI=1S/C13H22N2O3/c14-7-9-1-3-10(4-2-9)11(16)15-8-13(5-6-13)12(17)18/h9-10H,1-8,14H2,(H,15,16)(H,17,18). The maximum atomic E-state index is 12.0. The van der Waals surface area contributed by atoms with Gasteiger partial charge in [0.25, 0.3) is 0 Å². The van der Waals surface area contributed by atoms with E-state index >= 15 is 0 Å². The van der Waals surface area contributed by atoms with Gasteiger partial charge in [0.1, 0.15) is 0 Å². The molecule has 0 aromatic rings. The number of rotatable bonds is 5. The summed E-state index contributed by atoms with van der Waals surface area (Å²) >= 11 is 0. The highest BCUT2D eigenvalue weighted by molar-refractivity contribution is 5.82. The maximum Gasteiger partial charge on any atom is 0.311 e. The second kappa shape index (κ2) is 5.26. The highest BCUT2D eigenvalue weighted by atomic mass is 16.4. The molecule has 5 heteroatoms. The molecular formula is C13H22N2O3. The zero-order valence-electron chi connectivity index (χ0n) is 10.7. The van der Waals surface area contributed by atoms with E-state index in [9.17, 15) is 9.59 Å². The Labute approximate surface area is 107 Å². The van der Waals surface area contributed by atoms with Crippen LogP contribution in [0.3, 0.4) is 0 Å². The van der Waals surface area contributed by atoms with Gasteiger partial charge in [0.05, 0.1) is 5.41 Å². The van der Waals surface area contributed by atoms with Crippen LogP contribution < -0.4 is 11.1 Å². The number of aliphatic carboxylic acids is 1. The third kappa shape index (κ3) is 2.83. The largest absolute Gasteiger partial charge is 0.481 e. The highest BCUT2D eigenvalue weighted by Gasteiger charge is 2.50. The van der Waals surface area contributed by atoms with Crippen molar-refractivity contribution in [2.75, 3.05) is 13.1 Å².